The molecule has 0 amide bonds. The standard InChI is InChI=1S/C11H8Br2N4O2/c12-7-1-2-9(18)6(3-7)4-14-16-8-5-15-17-11(19)10(8)13/h1-5,18H,(H2,16,17,19). The van der Waals surface area contributed by atoms with Gasteiger partial charge in [0, 0.05) is 10.0 Å². The zero-order valence-corrected chi connectivity index (χ0v) is 12.6. The largest absolute Gasteiger partial charge is 0.507 e. The topological polar surface area (TPSA) is 90.4 Å². The van der Waals surface area contributed by atoms with E-state index in [-0.39, 0.29) is 11.3 Å². The Morgan fingerprint density at radius 3 is 3.00 bits per heavy atom. The first-order valence-corrected chi connectivity index (χ1v) is 6.67. The molecule has 0 bridgehead atoms. The van der Waals surface area contributed by atoms with Crippen LogP contribution in [-0.4, -0.2) is 21.5 Å². The summed E-state index contributed by atoms with van der Waals surface area (Å²) in [4.78, 5) is 11.3. The summed E-state index contributed by atoms with van der Waals surface area (Å²) in [6.45, 7) is 0. The first-order chi connectivity index (χ1) is 9.08. The van der Waals surface area contributed by atoms with Crippen LogP contribution >= 0.6 is 31.9 Å². The predicted octanol–water partition coefficient (Wildman–Crippen LogP) is 2.45. The third kappa shape index (κ3) is 3.42. The van der Waals surface area contributed by atoms with E-state index < -0.39 is 0 Å². The van der Waals surface area contributed by atoms with E-state index in [4.69, 9.17) is 0 Å². The fourth-order valence-corrected chi connectivity index (χ4v) is 1.92. The Labute approximate surface area is 124 Å². The second kappa shape index (κ2) is 5.98. The van der Waals surface area contributed by atoms with Gasteiger partial charge < -0.3 is 5.11 Å². The van der Waals surface area contributed by atoms with Crippen LogP contribution in [0.5, 0.6) is 5.75 Å². The molecular formula is C11H8Br2N4O2. The number of anilines is 1. The van der Waals surface area contributed by atoms with Gasteiger partial charge in [0.15, 0.2) is 0 Å². The molecule has 8 heteroatoms. The summed E-state index contributed by atoms with van der Waals surface area (Å²) in [6, 6.07) is 4.99. The predicted molar refractivity (Wildman–Crippen MR) is 79.6 cm³/mol. The molecule has 0 fully saturated rings. The maximum atomic E-state index is 11.3. The maximum absolute atomic E-state index is 11.3. The van der Waals surface area contributed by atoms with E-state index in [2.05, 4.69) is 52.6 Å². The molecule has 0 spiro atoms. The summed E-state index contributed by atoms with van der Waals surface area (Å²) in [6.07, 6.45) is 2.86. The monoisotopic (exact) mass is 386 g/mol. The number of aromatic nitrogens is 2. The van der Waals surface area contributed by atoms with Gasteiger partial charge in [-0.3, -0.25) is 10.2 Å². The van der Waals surface area contributed by atoms with E-state index >= 15 is 0 Å². The van der Waals surface area contributed by atoms with Crippen molar-refractivity contribution in [3.63, 3.8) is 0 Å². The smallest absolute Gasteiger partial charge is 0.280 e. The quantitative estimate of drug-likeness (QED) is 0.557. The number of halogens is 2. The molecule has 2 rings (SSSR count). The van der Waals surface area contributed by atoms with Gasteiger partial charge in [0.25, 0.3) is 5.56 Å². The molecule has 0 saturated carbocycles. The number of rotatable bonds is 3. The van der Waals surface area contributed by atoms with Crippen molar-refractivity contribution in [3.05, 3.63) is 49.3 Å². The van der Waals surface area contributed by atoms with Crippen molar-refractivity contribution in [2.24, 2.45) is 5.10 Å². The summed E-state index contributed by atoms with van der Waals surface area (Å²) in [7, 11) is 0. The first-order valence-electron chi connectivity index (χ1n) is 5.08. The molecule has 1 heterocycles. The first kappa shape index (κ1) is 13.8. The van der Waals surface area contributed by atoms with Crippen LogP contribution in [0.2, 0.25) is 0 Å². The second-order valence-electron chi connectivity index (χ2n) is 3.50. The SMILES string of the molecule is O=c1[nH]ncc(NN=Cc2cc(Br)ccc2O)c1Br. The van der Waals surface area contributed by atoms with Crippen LogP contribution in [0.3, 0.4) is 0 Å². The van der Waals surface area contributed by atoms with Gasteiger partial charge in [0.05, 0.1) is 18.1 Å². The number of nitrogens with one attached hydrogen (secondary N) is 2. The minimum Gasteiger partial charge on any atom is -0.507 e. The number of H-pyrrole nitrogens is 1. The van der Waals surface area contributed by atoms with E-state index in [1.807, 2.05) is 0 Å². The lowest BCUT2D eigenvalue weighted by molar-refractivity contribution is 0.474. The van der Waals surface area contributed by atoms with E-state index in [0.29, 0.717) is 15.7 Å². The van der Waals surface area contributed by atoms with Gasteiger partial charge in [-0.2, -0.15) is 10.2 Å². The summed E-state index contributed by atoms with van der Waals surface area (Å²) in [5.41, 5.74) is 3.27. The third-order valence-corrected chi connectivity index (χ3v) is 3.45. The zero-order chi connectivity index (χ0) is 13.8. The Kier molecular flexibility index (Phi) is 4.33. The lowest BCUT2D eigenvalue weighted by Gasteiger charge is -2.02. The molecule has 6 nitrogen and oxygen atoms in total. The number of phenolic OH excluding ortho intramolecular Hbond substituents is 1. The van der Waals surface area contributed by atoms with Gasteiger partial charge >= 0.3 is 0 Å². The molecule has 0 aliphatic rings. The number of hydrogen-bond donors (Lipinski definition) is 3. The molecule has 0 aliphatic heterocycles. The van der Waals surface area contributed by atoms with Gasteiger partial charge in [-0.05, 0) is 34.1 Å². The van der Waals surface area contributed by atoms with Crippen LogP contribution in [0.15, 0.2) is 43.2 Å². The van der Waals surface area contributed by atoms with Gasteiger partial charge in [0.2, 0.25) is 0 Å². The Balaban J connectivity index is 2.18. The van der Waals surface area contributed by atoms with Crippen molar-refractivity contribution in [3.8, 4) is 5.75 Å². The highest BCUT2D eigenvalue weighted by molar-refractivity contribution is 9.10. The summed E-state index contributed by atoms with van der Waals surface area (Å²) in [5.74, 6) is 0.108. The average molecular weight is 388 g/mol. The third-order valence-electron chi connectivity index (χ3n) is 2.17. The minimum atomic E-state index is -0.356. The van der Waals surface area contributed by atoms with Gasteiger partial charge in [-0.1, -0.05) is 15.9 Å². The molecule has 0 unspecified atom stereocenters. The molecule has 19 heavy (non-hydrogen) atoms. The van der Waals surface area contributed by atoms with Gasteiger partial charge in [-0.15, -0.1) is 0 Å². The van der Waals surface area contributed by atoms with Crippen LogP contribution in [-0.2, 0) is 0 Å². The molecule has 0 radical (unpaired) electrons. The average Bonchev–Trinajstić information content (AvgIpc) is 2.38. The molecule has 0 saturated heterocycles. The van der Waals surface area contributed by atoms with Crippen molar-refractivity contribution < 1.29 is 5.11 Å². The van der Waals surface area contributed by atoms with Gasteiger partial charge in [-0.25, -0.2) is 5.10 Å². The Bertz CT molecular complexity index is 685. The number of hydrogen-bond acceptors (Lipinski definition) is 5. The molecule has 0 atom stereocenters. The lowest BCUT2D eigenvalue weighted by Crippen LogP contribution is -2.10. The Morgan fingerprint density at radius 1 is 1.42 bits per heavy atom. The molecule has 1 aromatic heterocycles. The van der Waals surface area contributed by atoms with E-state index in [1.54, 1.807) is 18.2 Å². The summed E-state index contributed by atoms with van der Waals surface area (Å²) >= 11 is 6.41. The van der Waals surface area contributed by atoms with Crippen molar-refractivity contribution >= 4 is 43.8 Å². The molecule has 3 N–H and O–H groups in total. The van der Waals surface area contributed by atoms with Crippen LogP contribution in [0.1, 0.15) is 5.56 Å². The second-order valence-corrected chi connectivity index (χ2v) is 5.21. The fourth-order valence-electron chi connectivity index (χ4n) is 1.26. The molecule has 2 aromatic rings. The van der Waals surface area contributed by atoms with E-state index in [9.17, 15) is 9.90 Å². The van der Waals surface area contributed by atoms with Crippen LogP contribution in [0.4, 0.5) is 5.69 Å². The zero-order valence-electron chi connectivity index (χ0n) is 9.39. The fraction of sp³-hybridized carbons (Fsp3) is 0. The Hall–Kier alpha value is -1.67. The van der Waals surface area contributed by atoms with Crippen molar-refractivity contribution in [1.82, 2.24) is 10.2 Å². The van der Waals surface area contributed by atoms with Crippen LogP contribution < -0.4 is 11.0 Å². The van der Waals surface area contributed by atoms with E-state index in [0.717, 1.165) is 4.47 Å². The van der Waals surface area contributed by atoms with Crippen molar-refractivity contribution in [2.45, 2.75) is 0 Å². The van der Waals surface area contributed by atoms with Crippen LogP contribution in [0.25, 0.3) is 0 Å². The highest BCUT2D eigenvalue weighted by atomic mass is 79.9. The number of hydrazone groups is 1. The normalized spacial score (nSPS) is 10.8. The summed E-state index contributed by atoms with van der Waals surface area (Å²) in [5, 5.41) is 19.5. The molecular weight excluding hydrogens is 380 g/mol. The molecule has 98 valence electrons. The van der Waals surface area contributed by atoms with E-state index in [1.165, 1.54) is 12.4 Å². The summed E-state index contributed by atoms with van der Waals surface area (Å²) < 4.78 is 1.13. The number of benzene rings is 1. The van der Waals surface area contributed by atoms with Crippen LogP contribution in [0, 0.1) is 0 Å². The minimum absolute atomic E-state index is 0.108. The van der Waals surface area contributed by atoms with Crippen molar-refractivity contribution in [1.29, 1.82) is 0 Å². The molecule has 0 aliphatic carbocycles. The maximum Gasteiger partial charge on any atom is 0.280 e. The number of aromatic hydroxyl groups is 1. The lowest BCUT2D eigenvalue weighted by atomic mass is 10.2. The number of nitrogens with zero attached hydrogens (tertiary/aromatic N) is 2. The van der Waals surface area contributed by atoms with Crippen molar-refractivity contribution in [2.75, 3.05) is 5.43 Å². The Morgan fingerprint density at radius 2 is 2.21 bits per heavy atom. The molecule has 1 aromatic carbocycles. The number of aromatic amines is 1. The number of phenols is 1. The highest BCUT2D eigenvalue weighted by Crippen LogP contribution is 2.20. The van der Waals surface area contributed by atoms with Gasteiger partial charge in [0.1, 0.15) is 10.2 Å². The highest BCUT2D eigenvalue weighted by Gasteiger charge is 2.03.